The predicted octanol–water partition coefficient (Wildman–Crippen LogP) is 6.06. The molecule has 15 heavy (non-hydrogen) atoms. The molecule has 0 bridgehead atoms. The Bertz CT molecular complexity index is 106. The minimum atomic E-state index is 0. The summed E-state index contributed by atoms with van der Waals surface area (Å²) in [5.41, 5.74) is 0. The summed E-state index contributed by atoms with van der Waals surface area (Å²) in [6, 6.07) is 0. The van der Waals surface area contributed by atoms with Crippen molar-refractivity contribution in [2.75, 3.05) is 0 Å². The zero-order valence-electron chi connectivity index (χ0n) is 9.52. The molecule has 0 nitrogen and oxygen atoms in total. The van der Waals surface area contributed by atoms with Gasteiger partial charge in [0, 0.05) is 0 Å². The molecule has 0 N–H and O–H groups in total. The van der Waals surface area contributed by atoms with Gasteiger partial charge in [-0.3, -0.25) is 0 Å². The van der Waals surface area contributed by atoms with Crippen LogP contribution in [0, 0.1) is 11.8 Å². The molecule has 0 saturated heterocycles. The lowest BCUT2D eigenvalue weighted by Gasteiger charge is -2.27. The van der Waals surface area contributed by atoms with Gasteiger partial charge in [0.1, 0.15) is 0 Å². The number of rotatable bonds is 5. The quantitative estimate of drug-likeness (QED) is 0.488. The Morgan fingerprint density at radius 3 is 1.80 bits per heavy atom. The van der Waals surface area contributed by atoms with Gasteiger partial charge in [-0.15, -0.1) is 0 Å². The summed E-state index contributed by atoms with van der Waals surface area (Å²) < 4.78 is 0. The van der Waals surface area contributed by atoms with Crippen molar-refractivity contribution >= 4 is 0 Å². The fourth-order valence-electron chi connectivity index (χ4n) is 2.61. The van der Waals surface area contributed by atoms with Crippen LogP contribution in [-0.4, -0.2) is 0 Å². The van der Waals surface area contributed by atoms with Crippen LogP contribution >= 0.6 is 0 Å². The smallest absolute Gasteiger partial charge is 0.0414 e. The first-order chi connectivity index (χ1) is 6.36. The maximum atomic E-state index is 2.35. The van der Waals surface area contributed by atoms with E-state index < -0.39 is 0 Å². The summed E-state index contributed by atoms with van der Waals surface area (Å²) in [6.45, 7) is 4.65. The molecule has 0 aromatic heterocycles. The van der Waals surface area contributed by atoms with Crippen molar-refractivity contribution in [1.29, 1.82) is 0 Å². The highest BCUT2D eigenvalue weighted by Gasteiger charge is 2.18. The highest BCUT2D eigenvalue weighted by Crippen LogP contribution is 2.33. The van der Waals surface area contributed by atoms with Crippen LogP contribution < -0.4 is 0 Å². The highest BCUT2D eigenvalue weighted by molar-refractivity contribution is 4.71. The van der Waals surface area contributed by atoms with Crippen molar-refractivity contribution in [3.8, 4) is 0 Å². The third-order valence-corrected chi connectivity index (χ3v) is 3.76. The Hall–Kier alpha value is 0. The van der Waals surface area contributed by atoms with Crippen LogP contribution in [-0.2, 0) is 0 Å². The van der Waals surface area contributed by atoms with Crippen molar-refractivity contribution < 1.29 is 0 Å². The van der Waals surface area contributed by atoms with E-state index in [1.165, 1.54) is 57.8 Å². The molecule has 0 aromatic carbocycles. The SMILES string of the molecule is C.C.CCCCCC1CCC(CC)CC1. The monoisotopic (exact) mass is 214 g/mol. The second kappa shape index (κ2) is 10.5. The number of unbranched alkanes of at least 4 members (excludes halogenated alkanes) is 2. The lowest BCUT2D eigenvalue weighted by molar-refractivity contribution is 0.254. The van der Waals surface area contributed by atoms with Crippen LogP contribution in [0.2, 0.25) is 0 Å². The minimum absolute atomic E-state index is 0. The molecule has 0 radical (unpaired) electrons. The third-order valence-electron chi connectivity index (χ3n) is 3.76. The Morgan fingerprint density at radius 2 is 1.33 bits per heavy atom. The van der Waals surface area contributed by atoms with E-state index in [9.17, 15) is 0 Å². The first-order valence-electron chi connectivity index (χ1n) is 6.36. The van der Waals surface area contributed by atoms with Crippen molar-refractivity contribution in [1.82, 2.24) is 0 Å². The molecule has 0 unspecified atom stereocenters. The molecule has 1 aliphatic rings. The summed E-state index contributed by atoms with van der Waals surface area (Å²) in [6.07, 6.45) is 13.4. The van der Waals surface area contributed by atoms with Gasteiger partial charge in [0.15, 0.2) is 0 Å². The van der Waals surface area contributed by atoms with Gasteiger partial charge in [-0.2, -0.15) is 0 Å². The molecular weight excluding hydrogens is 180 g/mol. The van der Waals surface area contributed by atoms with Crippen LogP contribution in [0.15, 0.2) is 0 Å². The van der Waals surface area contributed by atoms with Crippen LogP contribution in [0.1, 0.15) is 86.5 Å². The molecule has 0 heteroatoms. The van der Waals surface area contributed by atoms with Crippen LogP contribution in [0.25, 0.3) is 0 Å². The van der Waals surface area contributed by atoms with Gasteiger partial charge in [-0.1, -0.05) is 86.5 Å². The van der Waals surface area contributed by atoms with Crippen LogP contribution in [0.3, 0.4) is 0 Å². The van der Waals surface area contributed by atoms with Gasteiger partial charge >= 0.3 is 0 Å². The second-order valence-electron chi connectivity index (χ2n) is 4.79. The molecule has 1 saturated carbocycles. The summed E-state index contributed by atoms with van der Waals surface area (Å²) in [4.78, 5) is 0. The van der Waals surface area contributed by atoms with Crippen LogP contribution in [0.4, 0.5) is 0 Å². The van der Waals surface area contributed by atoms with E-state index >= 15 is 0 Å². The number of hydrogen-bond acceptors (Lipinski definition) is 0. The molecule has 0 atom stereocenters. The van der Waals surface area contributed by atoms with Gasteiger partial charge in [-0.05, 0) is 11.8 Å². The maximum Gasteiger partial charge on any atom is -0.0414 e. The van der Waals surface area contributed by atoms with Gasteiger partial charge < -0.3 is 0 Å². The zero-order chi connectivity index (χ0) is 9.52. The Kier molecular flexibility index (Phi) is 12.2. The normalized spacial score (nSPS) is 25.2. The average Bonchev–Trinajstić information content (AvgIpc) is 2.19. The average molecular weight is 214 g/mol. The highest BCUT2D eigenvalue weighted by atomic mass is 14.2. The third kappa shape index (κ3) is 6.98. The molecular formula is C15H34. The summed E-state index contributed by atoms with van der Waals surface area (Å²) in [5, 5.41) is 0. The van der Waals surface area contributed by atoms with E-state index in [4.69, 9.17) is 0 Å². The Morgan fingerprint density at radius 1 is 0.800 bits per heavy atom. The van der Waals surface area contributed by atoms with E-state index in [0.29, 0.717) is 0 Å². The standard InChI is InChI=1S/C13H26.2CH4/c1-3-5-6-7-13-10-8-12(4-2)9-11-13;;/h12-13H,3-11H2,1-2H3;2*1H4. The van der Waals surface area contributed by atoms with E-state index in [1.54, 1.807) is 0 Å². The van der Waals surface area contributed by atoms with E-state index in [2.05, 4.69) is 13.8 Å². The fraction of sp³-hybridized carbons (Fsp3) is 1.00. The lowest BCUT2D eigenvalue weighted by atomic mass is 9.79. The largest absolute Gasteiger partial charge is 0.0776 e. The first kappa shape index (κ1) is 17.4. The molecule has 1 aliphatic carbocycles. The van der Waals surface area contributed by atoms with Gasteiger partial charge in [0.05, 0.1) is 0 Å². The van der Waals surface area contributed by atoms with E-state index in [0.717, 1.165) is 11.8 Å². The summed E-state index contributed by atoms with van der Waals surface area (Å²) in [5.74, 6) is 2.16. The molecule has 0 aliphatic heterocycles. The van der Waals surface area contributed by atoms with Gasteiger partial charge in [0.25, 0.3) is 0 Å². The Balaban J connectivity index is 0. The van der Waals surface area contributed by atoms with Crippen molar-refractivity contribution in [2.45, 2.75) is 86.5 Å². The lowest BCUT2D eigenvalue weighted by Crippen LogP contribution is -2.13. The molecule has 1 fully saturated rings. The number of hydrogen-bond donors (Lipinski definition) is 0. The second-order valence-corrected chi connectivity index (χ2v) is 4.79. The predicted molar refractivity (Wildman–Crippen MR) is 73.3 cm³/mol. The fourth-order valence-corrected chi connectivity index (χ4v) is 2.61. The van der Waals surface area contributed by atoms with Crippen LogP contribution in [0.5, 0.6) is 0 Å². The summed E-state index contributed by atoms with van der Waals surface area (Å²) >= 11 is 0. The maximum absolute atomic E-state index is 2.35. The molecule has 0 spiro atoms. The minimum Gasteiger partial charge on any atom is -0.0776 e. The van der Waals surface area contributed by atoms with E-state index in [-0.39, 0.29) is 14.9 Å². The van der Waals surface area contributed by atoms with Gasteiger partial charge in [0.2, 0.25) is 0 Å². The molecule has 94 valence electrons. The topological polar surface area (TPSA) is 0 Å². The van der Waals surface area contributed by atoms with Crippen molar-refractivity contribution in [3.05, 3.63) is 0 Å². The molecule has 0 heterocycles. The Labute approximate surface area is 98.9 Å². The molecule has 1 rings (SSSR count). The summed E-state index contributed by atoms with van der Waals surface area (Å²) in [7, 11) is 0. The molecule has 0 amide bonds. The van der Waals surface area contributed by atoms with Crippen molar-refractivity contribution in [3.63, 3.8) is 0 Å². The molecule has 0 aromatic rings. The van der Waals surface area contributed by atoms with Gasteiger partial charge in [-0.25, -0.2) is 0 Å². The first-order valence-corrected chi connectivity index (χ1v) is 6.36. The van der Waals surface area contributed by atoms with E-state index in [1.807, 2.05) is 0 Å². The zero-order valence-corrected chi connectivity index (χ0v) is 9.52. The van der Waals surface area contributed by atoms with Crippen molar-refractivity contribution in [2.24, 2.45) is 11.8 Å².